The van der Waals surface area contributed by atoms with Gasteiger partial charge in [-0.05, 0) is 58.4 Å². The highest BCUT2D eigenvalue weighted by Crippen LogP contribution is 2.40. The molecule has 0 saturated carbocycles. The quantitative estimate of drug-likeness (QED) is 0.502. The number of hydrogen-bond donors (Lipinski definition) is 1. The third-order valence-corrected chi connectivity index (χ3v) is 5.44. The number of halogens is 1. The lowest BCUT2D eigenvalue weighted by Gasteiger charge is -2.17. The van der Waals surface area contributed by atoms with Crippen LogP contribution in [0.4, 0.5) is 0 Å². The Hall–Kier alpha value is -2.39. The molecular weight excluding hydrogens is 376 g/mol. The summed E-state index contributed by atoms with van der Waals surface area (Å²) >= 11 is 3.43. The summed E-state index contributed by atoms with van der Waals surface area (Å²) in [5, 5.41) is 9.88. The smallest absolute Gasteiger partial charge is 0.311 e. The maximum absolute atomic E-state index is 12.0. The zero-order chi connectivity index (χ0) is 17.4. The number of carboxylic acids is 1. The first kappa shape index (κ1) is 16.1. The molecule has 4 rings (SSSR count). The van der Waals surface area contributed by atoms with Crippen LogP contribution in [0.25, 0.3) is 11.1 Å². The van der Waals surface area contributed by atoms with Crippen molar-refractivity contribution in [3.8, 4) is 11.1 Å². The lowest BCUT2D eigenvalue weighted by Crippen LogP contribution is -2.16. The Morgan fingerprint density at radius 1 is 0.960 bits per heavy atom. The summed E-state index contributed by atoms with van der Waals surface area (Å²) < 4.78 is 0.999. The molecule has 1 atom stereocenters. The Morgan fingerprint density at radius 2 is 1.68 bits per heavy atom. The van der Waals surface area contributed by atoms with E-state index in [1.165, 1.54) is 16.7 Å². The van der Waals surface area contributed by atoms with Gasteiger partial charge in [0, 0.05) is 4.47 Å². The fraction of sp³-hybridized carbons (Fsp3) is 0.136. The largest absolute Gasteiger partial charge is 0.481 e. The minimum absolute atomic E-state index is 0.495. The molecule has 124 valence electrons. The average molecular weight is 393 g/mol. The summed E-state index contributed by atoms with van der Waals surface area (Å²) in [6.45, 7) is 0. The molecule has 1 aliphatic rings. The summed E-state index contributed by atoms with van der Waals surface area (Å²) in [5.41, 5.74) is 6.81. The zero-order valence-corrected chi connectivity index (χ0v) is 15.2. The van der Waals surface area contributed by atoms with Crippen LogP contribution in [-0.4, -0.2) is 11.1 Å². The Bertz CT molecular complexity index is 944. The van der Waals surface area contributed by atoms with E-state index in [-0.39, 0.29) is 0 Å². The number of benzene rings is 3. The second-order valence-electron chi connectivity index (χ2n) is 6.43. The highest BCUT2D eigenvalue weighted by molar-refractivity contribution is 9.10. The van der Waals surface area contributed by atoms with Crippen molar-refractivity contribution >= 4 is 21.9 Å². The highest BCUT2D eigenvalue weighted by atomic mass is 79.9. The maximum atomic E-state index is 12.0. The predicted octanol–water partition coefficient (Wildman–Crippen LogP) is 5.43. The molecule has 0 spiro atoms. The van der Waals surface area contributed by atoms with Crippen LogP contribution < -0.4 is 0 Å². The van der Waals surface area contributed by atoms with Gasteiger partial charge in [0.05, 0.1) is 5.92 Å². The fourth-order valence-corrected chi connectivity index (χ4v) is 3.96. The zero-order valence-electron chi connectivity index (χ0n) is 13.6. The first-order valence-corrected chi connectivity index (χ1v) is 9.10. The lowest BCUT2D eigenvalue weighted by molar-refractivity contribution is -0.138. The minimum atomic E-state index is -0.771. The third-order valence-electron chi connectivity index (χ3n) is 4.91. The summed E-state index contributed by atoms with van der Waals surface area (Å²) in [6, 6.07) is 22.3. The molecule has 3 heteroatoms. The summed E-state index contributed by atoms with van der Waals surface area (Å²) in [7, 11) is 0. The molecule has 0 aliphatic heterocycles. The Balaban J connectivity index is 1.75. The first-order chi connectivity index (χ1) is 12.1. The Kier molecular flexibility index (Phi) is 4.18. The van der Waals surface area contributed by atoms with E-state index < -0.39 is 11.9 Å². The van der Waals surface area contributed by atoms with E-state index in [9.17, 15) is 9.90 Å². The van der Waals surface area contributed by atoms with Crippen molar-refractivity contribution in [1.82, 2.24) is 0 Å². The standard InChI is InChI=1S/C22H17BrO2/c23-16-10-8-14(9-11-16)12-21(22(24)25)19-7-3-6-18-17-5-2-1-4-15(17)13-20(18)19/h1-11,21H,12-13H2,(H,24,25). The van der Waals surface area contributed by atoms with Gasteiger partial charge in [-0.3, -0.25) is 4.79 Å². The molecule has 1 unspecified atom stereocenters. The summed E-state index contributed by atoms with van der Waals surface area (Å²) in [6.07, 6.45) is 1.31. The van der Waals surface area contributed by atoms with E-state index in [0.717, 1.165) is 27.6 Å². The van der Waals surface area contributed by atoms with Gasteiger partial charge in [-0.1, -0.05) is 70.5 Å². The Labute approximate surface area is 155 Å². The fourth-order valence-electron chi connectivity index (χ4n) is 3.69. The molecule has 0 fully saturated rings. The molecule has 0 saturated heterocycles. The second kappa shape index (κ2) is 6.49. The van der Waals surface area contributed by atoms with E-state index in [0.29, 0.717) is 6.42 Å². The van der Waals surface area contributed by atoms with Crippen molar-refractivity contribution in [2.75, 3.05) is 0 Å². The van der Waals surface area contributed by atoms with Gasteiger partial charge >= 0.3 is 5.97 Å². The van der Waals surface area contributed by atoms with Crippen LogP contribution in [-0.2, 0) is 17.6 Å². The SMILES string of the molecule is O=C(O)C(Cc1ccc(Br)cc1)c1cccc2c1Cc1ccccc1-2. The van der Waals surface area contributed by atoms with Crippen molar-refractivity contribution in [3.05, 3.63) is 93.5 Å². The van der Waals surface area contributed by atoms with E-state index >= 15 is 0 Å². The second-order valence-corrected chi connectivity index (χ2v) is 7.34. The van der Waals surface area contributed by atoms with Crippen LogP contribution in [0.1, 0.15) is 28.2 Å². The molecule has 1 N–H and O–H groups in total. The number of hydrogen-bond acceptors (Lipinski definition) is 1. The van der Waals surface area contributed by atoms with Crippen LogP contribution in [0, 0.1) is 0 Å². The van der Waals surface area contributed by atoms with Crippen LogP contribution in [0.5, 0.6) is 0 Å². The molecule has 0 radical (unpaired) electrons. The molecule has 25 heavy (non-hydrogen) atoms. The first-order valence-electron chi connectivity index (χ1n) is 8.31. The molecular formula is C22H17BrO2. The molecule has 2 nitrogen and oxygen atoms in total. The van der Waals surface area contributed by atoms with E-state index in [4.69, 9.17) is 0 Å². The number of carbonyl (C=O) groups is 1. The van der Waals surface area contributed by atoms with Gasteiger partial charge in [0.1, 0.15) is 0 Å². The molecule has 0 bridgehead atoms. The highest BCUT2D eigenvalue weighted by Gasteiger charge is 2.28. The number of rotatable bonds is 4. The average Bonchev–Trinajstić information content (AvgIpc) is 3.00. The van der Waals surface area contributed by atoms with Gasteiger partial charge in [-0.15, -0.1) is 0 Å². The minimum Gasteiger partial charge on any atom is -0.481 e. The van der Waals surface area contributed by atoms with Crippen LogP contribution in [0.15, 0.2) is 71.2 Å². The molecule has 0 aromatic heterocycles. The lowest BCUT2D eigenvalue weighted by atomic mass is 9.87. The van der Waals surface area contributed by atoms with Crippen molar-refractivity contribution in [2.24, 2.45) is 0 Å². The number of aliphatic carboxylic acids is 1. The van der Waals surface area contributed by atoms with Gasteiger partial charge in [-0.2, -0.15) is 0 Å². The molecule has 1 aliphatic carbocycles. The van der Waals surface area contributed by atoms with E-state index in [1.807, 2.05) is 48.5 Å². The third kappa shape index (κ3) is 3.00. The monoisotopic (exact) mass is 392 g/mol. The topological polar surface area (TPSA) is 37.3 Å². The predicted molar refractivity (Wildman–Crippen MR) is 103 cm³/mol. The number of carboxylic acid groups (broad SMARTS) is 1. The van der Waals surface area contributed by atoms with Gasteiger partial charge < -0.3 is 5.11 Å². The van der Waals surface area contributed by atoms with Gasteiger partial charge in [0.25, 0.3) is 0 Å². The normalized spacial score (nSPS) is 13.2. The Morgan fingerprint density at radius 3 is 2.44 bits per heavy atom. The van der Waals surface area contributed by atoms with Crippen molar-refractivity contribution in [3.63, 3.8) is 0 Å². The van der Waals surface area contributed by atoms with Gasteiger partial charge in [0.15, 0.2) is 0 Å². The van der Waals surface area contributed by atoms with Crippen LogP contribution in [0.2, 0.25) is 0 Å². The molecule has 0 heterocycles. The number of fused-ring (bicyclic) bond motifs is 3. The van der Waals surface area contributed by atoms with Gasteiger partial charge in [0.2, 0.25) is 0 Å². The van der Waals surface area contributed by atoms with Gasteiger partial charge in [-0.25, -0.2) is 0 Å². The van der Waals surface area contributed by atoms with E-state index in [1.54, 1.807) is 0 Å². The molecule has 3 aromatic carbocycles. The summed E-state index contributed by atoms with van der Waals surface area (Å²) in [5.74, 6) is -1.31. The van der Waals surface area contributed by atoms with Crippen LogP contribution in [0.3, 0.4) is 0 Å². The van der Waals surface area contributed by atoms with Crippen molar-refractivity contribution in [1.29, 1.82) is 0 Å². The maximum Gasteiger partial charge on any atom is 0.311 e. The summed E-state index contributed by atoms with van der Waals surface area (Å²) in [4.78, 5) is 12.0. The molecule has 3 aromatic rings. The van der Waals surface area contributed by atoms with Crippen molar-refractivity contribution in [2.45, 2.75) is 18.8 Å². The van der Waals surface area contributed by atoms with Crippen LogP contribution >= 0.6 is 15.9 Å². The molecule has 0 amide bonds. The van der Waals surface area contributed by atoms with Crippen molar-refractivity contribution < 1.29 is 9.90 Å². The van der Waals surface area contributed by atoms with E-state index in [2.05, 4.69) is 34.1 Å².